The van der Waals surface area contributed by atoms with Crippen LogP contribution in [0, 0.1) is 11.3 Å². The minimum Gasteiger partial charge on any atom is -0.496 e. The van der Waals surface area contributed by atoms with E-state index in [-0.39, 0.29) is 13.1 Å². The molecule has 1 rings (SSSR count). The molecule has 0 unspecified atom stereocenters. The molecule has 0 bridgehead atoms. The van der Waals surface area contributed by atoms with E-state index in [0.29, 0.717) is 16.3 Å². The number of methoxy groups -OCH3 is 1. The molecule has 7 heteroatoms. The molecular formula is C12H12ClN3O3. The number of rotatable bonds is 4. The Hall–Kier alpha value is -2.26. The summed E-state index contributed by atoms with van der Waals surface area (Å²) in [6.07, 6.45) is 0. The van der Waals surface area contributed by atoms with Crippen molar-refractivity contribution in [3.63, 3.8) is 0 Å². The maximum Gasteiger partial charge on any atom is 0.310 e. The third-order valence-corrected chi connectivity index (χ3v) is 2.61. The quantitative estimate of drug-likeness (QED) is 0.625. The van der Waals surface area contributed by atoms with Crippen molar-refractivity contribution in [2.24, 2.45) is 0 Å². The minimum absolute atomic E-state index is 0.0572. The van der Waals surface area contributed by atoms with Gasteiger partial charge in [0.1, 0.15) is 12.3 Å². The lowest BCUT2D eigenvalue weighted by Crippen LogP contribution is -2.39. The number of halogens is 1. The van der Waals surface area contributed by atoms with Crippen molar-refractivity contribution in [1.29, 1.82) is 5.26 Å². The van der Waals surface area contributed by atoms with E-state index in [1.165, 1.54) is 7.11 Å². The predicted octanol–water partition coefficient (Wildman–Crippen LogP) is 0.605. The molecule has 19 heavy (non-hydrogen) atoms. The summed E-state index contributed by atoms with van der Waals surface area (Å²) in [4.78, 5) is 22.6. The van der Waals surface area contributed by atoms with Crippen molar-refractivity contribution >= 4 is 23.4 Å². The van der Waals surface area contributed by atoms with Gasteiger partial charge in [-0.25, -0.2) is 0 Å². The van der Waals surface area contributed by atoms with E-state index in [1.807, 2.05) is 0 Å². The van der Waals surface area contributed by atoms with Crippen LogP contribution in [0.2, 0.25) is 5.02 Å². The molecule has 0 atom stereocenters. The maximum atomic E-state index is 11.4. The van der Waals surface area contributed by atoms with Crippen molar-refractivity contribution in [3.8, 4) is 11.8 Å². The molecule has 0 saturated heterocycles. The molecule has 6 nitrogen and oxygen atoms in total. The summed E-state index contributed by atoms with van der Waals surface area (Å²) in [7, 11) is 1.48. The van der Waals surface area contributed by atoms with E-state index in [2.05, 4.69) is 10.6 Å². The van der Waals surface area contributed by atoms with Crippen molar-refractivity contribution in [2.45, 2.75) is 6.54 Å². The molecule has 0 saturated carbocycles. The largest absolute Gasteiger partial charge is 0.496 e. The Morgan fingerprint density at radius 2 is 2.05 bits per heavy atom. The lowest BCUT2D eigenvalue weighted by atomic mass is 10.2. The van der Waals surface area contributed by atoms with Crippen molar-refractivity contribution < 1.29 is 14.3 Å². The summed E-state index contributed by atoms with van der Waals surface area (Å²) < 4.78 is 5.10. The number of hydrogen-bond donors (Lipinski definition) is 2. The summed E-state index contributed by atoms with van der Waals surface area (Å²) in [5.41, 5.74) is 0.577. The fraction of sp³-hybridized carbons (Fsp3) is 0.250. The van der Waals surface area contributed by atoms with Crippen LogP contribution in [0.3, 0.4) is 0 Å². The first kappa shape index (κ1) is 14.8. The van der Waals surface area contributed by atoms with Crippen molar-refractivity contribution in [3.05, 3.63) is 28.8 Å². The Balaban J connectivity index is 2.65. The lowest BCUT2D eigenvalue weighted by Gasteiger charge is -2.11. The molecular weight excluding hydrogens is 270 g/mol. The molecule has 0 aliphatic heterocycles. The molecule has 0 radical (unpaired) electrons. The smallest absolute Gasteiger partial charge is 0.310 e. The molecule has 100 valence electrons. The zero-order valence-corrected chi connectivity index (χ0v) is 11.0. The average Bonchev–Trinajstić information content (AvgIpc) is 2.42. The zero-order chi connectivity index (χ0) is 14.3. The molecule has 0 heterocycles. The van der Waals surface area contributed by atoms with Crippen molar-refractivity contribution in [1.82, 2.24) is 10.6 Å². The van der Waals surface area contributed by atoms with Gasteiger partial charge in [-0.15, -0.1) is 0 Å². The number of ether oxygens (including phenoxy) is 1. The van der Waals surface area contributed by atoms with Crippen LogP contribution in [0.4, 0.5) is 0 Å². The van der Waals surface area contributed by atoms with E-state index in [1.54, 1.807) is 24.3 Å². The summed E-state index contributed by atoms with van der Waals surface area (Å²) >= 11 is 5.98. The van der Waals surface area contributed by atoms with E-state index in [4.69, 9.17) is 21.6 Å². The van der Waals surface area contributed by atoms with Gasteiger partial charge in [-0.05, 0) is 12.1 Å². The molecule has 0 fully saturated rings. The minimum atomic E-state index is -0.868. The van der Waals surface area contributed by atoms with E-state index < -0.39 is 11.8 Å². The highest BCUT2D eigenvalue weighted by Crippen LogP contribution is 2.25. The zero-order valence-electron chi connectivity index (χ0n) is 10.2. The normalized spacial score (nSPS) is 9.32. The fourth-order valence-electron chi connectivity index (χ4n) is 1.35. The highest BCUT2D eigenvalue weighted by atomic mass is 35.5. The van der Waals surface area contributed by atoms with Gasteiger partial charge in [0.25, 0.3) is 0 Å². The average molecular weight is 282 g/mol. The summed E-state index contributed by atoms with van der Waals surface area (Å²) in [5, 5.41) is 13.2. The van der Waals surface area contributed by atoms with Gasteiger partial charge in [-0.2, -0.15) is 5.26 Å². The van der Waals surface area contributed by atoms with Crippen LogP contribution in [0.1, 0.15) is 5.56 Å². The molecule has 0 aromatic heterocycles. The summed E-state index contributed by atoms with van der Waals surface area (Å²) in [6.45, 7) is -0.163. The molecule has 0 spiro atoms. The van der Waals surface area contributed by atoms with Crippen LogP contribution in [-0.2, 0) is 16.1 Å². The Labute approximate surface area is 115 Å². The Kier molecular flexibility index (Phi) is 5.64. The van der Waals surface area contributed by atoms with Gasteiger partial charge < -0.3 is 15.4 Å². The van der Waals surface area contributed by atoms with E-state index in [9.17, 15) is 9.59 Å². The fourth-order valence-corrected chi connectivity index (χ4v) is 1.58. The Bertz CT molecular complexity index is 525. The number of nitrogens with one attached hydrogen (secondary N) is 2. The number of nitrogens with zero attached hydrogens (tertiary/aromatic N) is 1. The number of hydrogen-bond acceptors (Lipinski definition) is 4. The maximum absolute atomic E-state index is 11.4. The second-order valence-electron chi connectivity index (χ2n) is 3.44. The van der Waals surface area contributed by atoms with Gasteiger partial charge in [0.05, 0.1) is 13.2 Å². The topological polar surface area (TPSA) is 91.2 Å². The van der Waals surface area contributed by atoms with Crippen LogP contribution < -0.4 is 15.4 Å². The van der Waals surface area contributed by atoms with Gasteiger partial charge in [0.15, 0.2) is 0 Å². The third kappa shape index (κ3) is 4.16. The van der Waals surface area contributed by atoms with Crippen molar-refractivity contribution in [2.75, 3.05) is 13.7 Å². The van der Waals surface area contributed by atoms with E-state index >= 15 is 0 Å². The van der Waals surface area contributed by atoms with Crippen LogP contribution >= 0.6 is 11.6 Å². The lowest BCUT2D eigenvalue weighted by molar-refractivity contribution is -0.139. The highest BCUT2D eigenvalue weighted by molar-refractivity contribution is 6.35. The SMILES string of the molecule is COc1cccc(Cl)c1CNC(=O)C(=O)NCC#N. The first-order valence-corrected chi connectivity index (χ1v) is 5.72. The van der Waals surface area contributed by atoms with Gasteiger partial charge in [0, 0.05) is 17.1 Å². The molecule has 1 aromatic rings. The first-order valence-electron chi connectivity index (χ1n) is 5.34. The second kappa shape index (κ2) is 7.24. The van der Waals surface area contributed by atoms with Crippen LogP contribution in [0.15, 0.2) is 18.2 Å². The van der Waals surface area contributed by atoms with Gasteiger partial charge in [-0.3, -0.25) is 9.59 Å². The highest BCUT2D eigenvalue weighted by Gasteiger charge is 2.14. The van der Waals surface area contributed by atoms with E-state index in [0.717, 1.165) is 0 Å². The van der Waals surface area contributed by atoms with Crippen LogP contribution in [0.25, 0.3) is 0 Å². The number of carbonyl (C=O) groups excluding carboxylic acids is 2. The summed E-state index contributed by atoms with van der Waals surface area (Å²) in [5.74, 6) is -1.19. The Morgan fingerprint density at radius 3 is 2.68 bits per heavy atom. The predicted molar refractivity (Wildman–Crippen MR) is 68.5 cm³/mol. The van der Waals surface area contributed by atoms with Gasteiger partial charge in [0.2, 0.25) is 0 Å². The van der Waals surface area contributed by atoms with Crippen LogP contribution in [0.5, 0.6) is 5.75 Å². The second-order valence-corrected chi connectivity index (χ2v) is 3.85. The van der Waals surface area contributed by atoms with Gasteiger partial charge in [-0.1, -0.05) is 17.7 Å². The molecule has 0 aliphatic carbocycles. The van der Waals surface area contributed by atoms with Crippen LogP contribution in [-0.4, -0.2) is 25.5 Å². The Morgan fingerprint density at radius 1 is 1.37 bits per heavy atom. The molecule has 2 amide bonds. The molecule has 0 aliphatic rings. The molecule has 2 N–H and O–H groups in total. The summed E-state index contributed by atoms with van der Waals surface area (Å²) in [6, 6.07) is 6.77. The number of amides is 2. The molecule has 1 aromatic carbocycles. The van der Waals surface area contributed by atoms with Gasteiger partial charge >= 0.3 is 11.8 Å². The number of nitriles is 1. The third-order valence-electron chi connectivity index (χ3n) is 2.26. The number of carbonyl (C=O) groups is 2. The standard InChI is InChI=1S/C12H12ClN3O3/c1-19-10-4-2-3-9(13)8(10)7-16-12(18)11(17)15-6-5-14/h2-4H,6-7H2,1H3,(H,15,17)(H,16,18). The monoisotopic (exact) mass is 281 g/mol. The number of benzene rings is 1. The first-order chi connectivity index (χ1) is 9.10.